The van der Waals surface area contributed by atoms with Gasteiger partial charge in [0.1, 0.15) is 17.4 Å². The largest absolute Gasteiger partial charge is 0.492 e. The summed E-state index contributed by atoms with van der Waals surface area (Å²) in [5, 5.41) is 3.86. The molecule has 0 aliphatic carbocycles. The molecule has 130 valence electrons. The van der Waals surface area contributed by atoms with Crippen LogP contribution in [0, 0.1) is 0 Å². The highest BCUT2D eigenvalue weighted by molar-refractivity contribution is 7.89. The monoisotopic (exact) mass is 391 g/mol. The molecule has 0 fully saturated rings. The highest BCUT2D eigenvalue weighted by atomic mass is 35.5. The third-order valence-electron chi connectivity index (χ3n) is 3.12. The van der Waals surface area contributed by atoms with Crippen molar-refractivity contribution in [2.75, 3.05) is 20.7 Å². The van der Waals surface area contributed by atoms with Gasteiger partial charge in [0.25, 0.3) is 5.56 Å². The van der Waals surface area contributed by atoms with Crippen LogP contribution in [0.25, 0.3) is 0 Å². The zero-order valence-corrected chi connectivity index (χ0v) is 15.3. The maximum absolute atomic E-state index is 12.0. The molecule has 0 aliphatic heterocycles. The lowest BCUT2D eigenvalue weighted by molar-refractivity contribution is 0.287. The van der Waals surface area contributed by atoms with Gasteiger partial charge >= 0.3 is 0 Å². The molecule has 2 rings (SSSR count). The molecule has 0 aliphatic rings. The van der Waals surface area contributed by atoms with Crippen molar-refractivity contribution >= 4 is 33.2 Å². The zero-order valence-electron chi connectivity index (χ0n) is 12.9. The van der Waals surface area contributed by atoms with Gasteiger partial charge in [0.05, 0.1) is 22.7 Å². The van der Waals surface area contributed by atoms with Gasteiger partial charge in [-0.15, -0.1) is 0 Å². The Balaban J connectivity index is 2.01. The molecule has 0 atom stereocenters. The van der Waals surface area contributed by atoms with E-state index in [2.05, 4.69) is 5.10 Å². The van der Waals surface area contributed by atoms with Crippen LogP contribution in [0.15, 0.2) is 40.2 Å². The Morgan fingerprint density at radius 3 is 2.42 bits per heavy atom. The van der Waals surface area contributed by atoms with Gasteiger partial charge in [-0.1, -0.05) is 23.2 Å². The van der Waals surface area contributed by atoms with Gasteiger partial charge in [-0.3, -0.25) is 4.79 Å². The van der Waals surface area contributed by atoms with E-state index < -0.39 is 15.6 Å². The second kappa shape index (κ2) is 7.52. The van der Waals surface area contributed by atoms with Crippen molar-refractivity contribution in [3.05, 3.63) is 50.9 Å². The molecule has 0 saturated heterocycles. The average molecular weight is 392 g/mol. The summed E-state index contributed by atoms with van der Waals surface area (Å²) in [5.74, 6) is 0.473. The summed E-state index contributed by atoms with van der Waals surface area (Å²) >= 11 is 11.5. The summed E-state index contributed by atoms with van der Waals surface area (Å²) in [5.41, 5.74) is -0.500. The van der Waals surface area contributed by atoms with E-state index in [1.807, 2.05) is 0 Å². The summed E-state index contributed by atoms with van der Waals surface area (Å²) in [6.45, 7) is 0.331. The normalized spacial score (nSPS) is 11.7. The van der Waals surface area contributed by atoms with Crippen LogP contribution in [-0.2, 0) is 16.6 Å². The molecule has 0 saturated carbocycles. The van der Waals surface area contributed by atoms with Gasteiger partial charge in [0.2, 0.25) is 10.0 Å². The molecular weight excluding hydrogens is 377 g/mol. The first kappa shape index (κ1) is 18.7. The molecule has 0 unspecified atom stereocenters. The topological polar surface area (TPSA) is 81.5 Å². The molecule has 10 heteroatoms. The third kappa shape index (κ3) is 4.07. The Morgan fingerprint density at radius 1 is 1.21 bits per heavy atom. The van der Waals surface area contributed by atoms with E-state index >= 15 is 0 Å². The third-order valence-corrected chi connectivity index (χ3v) is 5.69. The highest BCUT2D eigenvalue weighted by Gasteiger charge is 2.16. The summed E-state index contributed by atoms with van der Waals surface area (Å²) in [4.78, 5) is 12.0. The molecule has 0 radical (unpaired) electrons. The van der Waals surface area contributed by atoms with Crippen molar-refractivity contribution in [3.8, 4) is 5.75 Å². The summed E-state index contributed by atoms with van der Waals surface area (Å²) in [6.07, 6.45) is 1.28. The Hall–Kier alpha value is -1.61. The van der Waals surface area contributed by atoms with E-state index in [1.165, 1.54) is 32.4 Å². The molecule has 7 nitrogen and oxygen atoms in total. The quantitative estimate of drug-likeness (QED) is 0.750. The molecule has 0 amide bonds. The van der Waals surface area contributed by atoms with Crippen molar-refractivity contribution in [1.29, 1.82) is 0 Å². The van der Waals surface area contributed by atoms with Crippen molar-refractivity contribution < 1.29 is 13.2 Å². The number of rotatable bonds is 6. The number of hydrogen-bond acceptors (Lipinski definition) is 5. The fraction of sp³-hybridized carbons (Fsp3) is 0.286. The second-order valence-corrected chi connectivity index (χ2v) is 7.88. The smallest absolute Gasteiger partial charge is 0.287 e. The van der Waals surface area contributed by atoms with Gasteiger partial charge in [0, 0.05) is 14.1 Å². The van der Waals surface area contributed by atoms with Crippen molar-refractivity contribution in [2.24, 2.45) is 0 Å². The number of aromatic nitrogens is 2. The Bertz CT molecular complexity index is 880. The van der Waals surface area contributed by atoms with Gasteiger partial charge < -0.3 is 4.74 Å². The number of sulfonamides is 1. The minimum atomic E-state index is -3.48. The molecule has 24 heavy (non-hydrogen) atoms. The summed E-state index contributed by atoms with van der Waals surface area (Å²) in [7, 11) is -0.556. The van der Waals surface area contributed by atoms with Crippen LogP contribution in [0.4, 0.5) is 0 Å². The van der Waals surface area contributed by atoms with E-state index in [1.54, 1.807) is 12.1 Å². The second-order valence-electron chi connectivity index (χ2n) is 4.94. The van der Waals surface area contributed by atoms with E-state index in [0.29, 0.717) is 5.75 Å². The molecule has 1 aromatic heterocycles. The minimum absolute atomic E-state index is 0.0927. The van der Waals surface area contributed by atoms with E-state index in [0.717, 1.165) is 8.99 Å². The zero-order chi connectivity index (χ0) is 17.9. The number of halogens is 2. The van der Waals surface area contributed by atoms with E-state index in [4.69, 9.17) is 27.9 Å². The molecule has 0 N–H and O–H groups in total. The predicted molar refractivity (Wildman–Crippen MR) is 91.3 cm³/mol. The van der Waals surface area contributed by atoms with Crippen LogP contribution in [0.3, 0.4) is 0 Å². The molecular formula is C14H15Cl2N3O4S. The molecule has 2 aromatic rings. The maximum atomic E-state index is 12.0. The average Bonchev–Trinajstić information content (AvgIpc) is 2.55. The van der Waals surface area contributed by atoms with Gasteiger partial charge in [-0.2, -0.15) is 5.10 Å². The highest BCUT2D eigenvalue weighted by Crippen LogP contribution is 2.18. The van der Waals surface area contributed by atoms with Gasteiger partial charge in [-0.25, -0.2) is 17.4 Å². The first-order valence-electron chi connectivity index (χ1n) is 6.80. The van der Waals surface area contributed by atoms with E-state index in [-0.39, 0.29) is 28.1 Å². The van der Waals surface area contributed by atoms with Crippen LogP contribution >= 0.6 is 23.2 Å². The fourth-order valence-corrected chi connectivity index (χ4v) is 2.95. The van der Waals surface area contributed by atoms with Crippen molar-refractivity contribution in [1.82, 2.24) is 14.1 Å². The lowest BCUT2D eigenvalue weighted by atomic mass is 10.3. The fourth-order valence-electron chi connectivity index (χ4n) is 1.77. The van der Waals surface area contributed by atoms with Crippen molar-refractivity contribution in [2.45, 2.75) is 11.4 Å². The minimum Gasteiger partial charge on any atom is -0.492 e. The lowest BCUT2D eigenvalue weighted by Crippen LogP contribution is -2.26. The van der Waals surface area contributed by atoms with Gasteiger partial charge in [0.15, 0.2) is 0 Å². The SMILES string of the molecule is CN(C)S(=O)(=O)c1ccc(OCCn2ncc(Cl)c(Cl)c2=O)cc1. The van der Waals surface area contributed by atoms with Crippen LogP contribution in [-0.4, -0.2) is 43.2 Å². The van der Waals surface area contributed by atoms with Crippen LogP contribution in [0.1, 0.15) is 0 Å². The molecule has 0 bridgehead atoms. The van der Waals surface area contributed by atoms with E-state index in [9.17, 15) is 13.2 Å². The number of ether oxygens (including phenoxy) is 1. The first-order valence-corrected chi connectivity index (χ1v) is 8.99. The first-order chi connectivity index (χ1) is 11.2. The van der Waals surface area contributed by atoms with Crippen LogP contribution < -0.4 is 10.3 Å². The molecule has 0 spiro atoms. The van der Waals surface area contributed by atoms with Crippen LogP contribution in [0.2, 0.25) is 10.0 Å². The number of benzene rings is 1. The lowest BCUT2D eigenvalue weighted by Gasteiger charge is -2.12. The number of nitrogens with zero attached hydrogens (tertiary/aromatic N) is 3. The Kier molecular flexibility index (Phi) is 5.87. The molecule has 1 aromatic carbocycles. The Labute approximate surface area is 149 Å². The van der Waals surface area contributed by atoms with Crippen LogP contribution in [0.5, 0.6) is 5.75 Å². The predicted octanol–water partition coefficient (Wildman–Crippen LogP) is 1.88. The van der Waals surface area contributed by atoms with Gasteiger partial charge in [-0.05, 0) is 24.3 Å². The summed E-state index contributed by atoms with van der Waals surface area (Å²) < 4.78 is 31.7. The summed E-state index contributed by atoms with van der Waals surface area (Å²) in [6, 6.07) is 5.99. The standard InChI is InChI=1S/C14H15Cl2N3O4S/c1-18(2)24(21,22)11-5-3-10(4-6-11)23-8-7-19-14(20)13(16)12(15)9-17-19/h3-6,9H,7-8H2,1-2H3. The Morgan fingerprint density at radius 2 is 1.83 bits per heavy atom. The maximum Gasteiger partial charge on any atom is 0.287 e. The van der Waals surface area contributed by atoms with Crippen molar-refractivity contribution in [3.63, 3.8) is 0 Å². The number of hydrogen-bond donors (Lipinski definition) is 0. The molecule has 1 heterocycles.